The summed E-state index contributed by atoms with van der Waals surface area (Å²) >= 11 is 0. The van der Waals surface area contributed by atoms with Gasteiger partial charge in [-0.15, -0.1) is 19.0 Å². The molecule has 2 fully saturated rings. The number of amides is 1. The molecule has 1 atom stereocenters. The Labute approximate surface area is 150 Å². The normalized spacial score (nSPS) is 22.6. The molecule has 2 aliphatic rings. The van der Waals surface area contributed by atoms with E-state index in [-0.39, 0.29) is 24.4 Å². The first kappa shape index (κ1) is 19.0. The van der Waals surface area contributed by atoms with Gasteiger partial charge in [0.2, 0.25) is 0 Å². The zero-order chi connectivity index (χ0) is 16.1. The number of carbonyl (C=O) groups is 1. The van der Waals surface area contributed by atoms with Gasteiger partial charge in [-0.3, -0.25) is 14.4 Å². The van der Waals surface area contributed by atoms with Crippen LogP contribution in [-0.2, 0) is 0 Å². The summed E-state index contributed by atoms with van der Waals surface area (Å²) in [4.78, 5) is 14.7. The Morgan fingerprint density at radius 2 is 2.21 bits per heavy atom. The van der Waals surface area contributed by atoms with Crippen LogP contribution in [0.2, 0.25) is 0 Å². The third kappa shape index (κ3) is 4.82. The van der Waals surface area contributed by atoms with Crippen molar-refractivity contribution >= 4 is 18.3 Å². The highest BCUT2D eigenvalue weighted by Crippen LogP contribution is 2.16. The Hall–Kier alpha value is -1.37. The zero-order valence-corrected chi connectivity index (χ0v) is 14.9. The molecule has 3 heterocycles. The third-order valence-corrected chi connectivity index (χ3v) is 4.80. The molecule has 1 unspecified atom stereocenters. The highest BCUT2D eigenvalue weighted by molar-refractivity contribution is 5.92. The molecule has 1 amide bonds. The Balaban J connectivity index is 0.00000208. The topological polar surface area (TPSA) is 62.2 Å². The zero-order valence-electron chi connectivity index (χ0n) is 14.1. The Kier molecular flexibility index (Phi) is 7.27. The number of rotatable bonds is 5. The van der Waals surface area contributed by atoms with Crippen LogP contribution >= 0.6 is 12.4 Å². The SMILES string of the molecule is C=CCN1CCC(NC(=O)c2ccn(C3CCCNC3)n2)CC1.Cl. The van der Waals surface area contributed by atoms with Crippen molar-refractivity contribution < 1.29 is 4.79 Å². The predicted octanol–water partition coefficient (Wildman–Crippen LogP) is 1.61. The van der Waals surface area contributed by atoms with Crippen molar-refractivity contribution in [3.8, 4) is 0 Å². The van der Waals surface area contributed by atoms with E-state index in [0.717, 1.165) is 58.4 Å². The van der Waals surface area contributed by atoms with E-state index in [1.54, 1.807) is 0 Å². The number of aromatic nitrogens is 2. The fourth-order valence-corrected chi connectivity index (χ4v) is 3.42. The van der Waals surface area contributed by atoms with Crippen LogP contribution in [-0.4, -0.2) is 59.4 Å². The number of hydrogen-bond donors (Lipinski definition) is 2. The standard InChI is InChI=1S/C17H27N5O.ClH/c1-2-9-21-10-5-14(6-11-21)19-17(23)16-7-12-22(20-16)15-4-3-8-18-13-15;/h2,7,12,14-15,18H,1,3-6,8-11,13H2,(H,19,23);1H. The van der Waals surface area contributed by atoms with Gasteiger partial charge in [-0.25, -0.2) is 0 Å². The summed E-state index contributed by atoms with van der Waals surface area (Å²) in [7, 11) is 0. The van der Waals surface area contributed by atoms with Crippen molar-refractivity contribution in [3.05, 3.63) is 30.6 Å². The number of nitrogens with one attached hydrogen (secondary N) is 2. The maximum atomic E-state index is 12.4. The lowest BCUT2D eigenvalue weighted by Crippen LogP contribution is -2.44. The summed E-state index contributed by atoms with van der Waals surface area (Å²) in [5.41, 5.74) is 0.532. The highest BCUT2D eigenvalue weighted by atomic mass is 35.5. The van der Waals surface area contributed by atoms with Crippen molar-refractivity contribution in [2.45, 2.75) is 37.8 Å². The van der Waals surface area contributed by atoms with Crippen LogP contribution in [0.25, 0.3) is 0 Å². The average Bonchev–Trinajstić information content (AvgIpc) is 3.08. The first-order chi connectivity index (χ1) is 11.3. The number of nitrogens with zero attached hydrogens (tertiary/aromatic N) is 3. The molecule has 0 aliphatic carbocycles. The van der Waals surface area contributed by atoms with Crippen molar-refractivity contribution in [1.29, 1.82) is 0 Å². The van der Waals surface area contributed by atoms with E-state index in [2.05, 4.69) is 27.2 Å². The van der Waals surface area contributed by atoms with E-state index >= 15 is 0 Å². The molecule has 2 N–H and O–H groups in total. The molecule has 0 radical (unpaired) electrons. The van der Waals surface area contributed by atoms with Crippen LogP contribution in [0.4, 0.5) is 0 Å². The molecule has 0 aromatic carbocycles. The summed E-state index contributed by atoms with van der Waals surface area (Å²) < 4.78 is 1.94. The minimum absolute atomic E-state index is 0. The molecule has 6 nitrogen and oxygen atoms in total. The lowest BCUT2D eigenvalue weighted by atomic mass is 10.0. The van der Waals surface area contributed by atoms with Crippen molar-refractivity contribution in [3.63, 3.8) is 0 Å². The number of hydrogen-bond acceptors (Lipinski definition) is 4. The molecule has 3 rings (SSSR count). The van der Waals surface area contributed by atoms with Gasteiger partial charge in [0.05, 0.1) is 6.04 Å². The third-order valence-electron chi connectivity index (χ3n) is 4.80. The molecule has 24 heavy (non-hydrogen) atoms. The number of halogens is 1. The van der Waals surface area contributed by atoms with Crippen LogP contribution in [0.3, 0.4) is 0 Å². The van der Waals surface area contributed by atoms with E-state index in [4.69, 9.17) is 0 Å². The van der Waals surface area contributed by atoms with Crippen LogP contribution in [0, 0.1) is 0 Å². The van der Waals surface area contributed by atoms with E-state index in [1.807, 2.05) is 23.0 Å². The number of carbonyl (C=O) groups excluding carboxylic acids is 1. The lowest BCUT2D eigenvalue weighted by molar-refractivity contribution is 0.0907. The fourth-order valence-electron chi connectivity index (χ4n) is 3.42. The summed E-state index contributed by atoms with van der Waals surface area (Å²) in [5.74, 6) is -0.0466. The molecule has 2 saturated heterocycles. The van der Waals surface area contributed by atoms with Gasteiger partial charge >= 0.3 is 0 Å². The molecule has 7 heteroatoms. The maximum Gasteiger partial charge on any atom is 0.271 e. The van der Waals surface area contributed by atoms with Crippen LogP contribution < -0.4 is 10.6 Å². The molecule has 0 spiro atoms. The second kappa shape index (κ2) is 9.20. The van der Waals surface area contributed by atoms with Gasteiger partial charge in [-0.05, 0) is 38.3 Å². The minimum atomic E-state index is -0.0466. The molecule has 2 aliphatic heterocycles. The fraction of sp³-hybridized carbons (Fsp3) is 0.647. The number of piperidine rings is 2. The summed E-state index contributed by atoms with van der Waals surface area (Å²) in [6, 6.07) is 2.45. The van der Waals surface area contributed by atoms with Crippen LogP contribution in [0.5, 0.6) is 0 Å². The molecular weight excluding hydrogens is 326 g/mol. The smallest absolute Gasteiger partial charge is 0.271 e. The largest absolute Gasteiger partial charge is 0.348 e. The Morgan fingerprint density at radius 1 is 1.42 bits per heavy atom. The summed E-state index contributed by atoms with van der Waals surface area (Å²) in [6.07, 6.45) is 8.14. The van der Waals surface area contributed by atoms with E-state index in [0.29, 0.717) is 11.7 Å². The van der Waals surface area contributed by atoms with Crippen molar-refractivity contribution in [2.24, 2.45) is 0 Å². The van der Waals surface area contributed by atoms with E-state index in [1.165, 1.54) is 0 Å². The monoisotopic (exact) mass is 353 g/mol. The summed E-state index contributed by atoms with van der Waals surface area (Å²) in [5, 5.41) is 11.0. The van der Waals surface area contributed by atoms with E-state index in [9.17, 15) is 4.79 Å². The molecule has 0 bridgehead atoms. The van der Waals surface area contributed by atoms with Crippen LogP contribution in [0.1, 0.15) is 42.2 Å². The van der Waals surface area contributed by atoms with Crippen LogP contribution in [0.15, 0.2) is 24.9 Å². The van der Waals surface area contributed by atoms with E-state index < -0.39 is 0 Å². The first-order valence-corrected chi connectivity index (χ1v) is 8.66. The molecular formula is C17H28ClN5O. The van der Waals surface area contributed by atoms with Crippen molar-refractivity contribution in [2.75, 3.05) is 32.7 Å². The van der Waals surface area contributed by atoms with Gasteiger partial charge in [0, 0.05) is 38.4 Å². The molecule has 1 aromatic heterocycles. The molecule has 134 valence electrons. The van der Waals surface area contributed by atoms with Gasteiger partial charge in [-0.1, -0.05) is 6.08 Å². The lowest BCUT2D eigenvalue weighted by Gasteiger charge is -2.31. The quantitative estimate of drug-likeness (QED) is 0.789. The first-order valence-electron chi connectivity index (χ1n) is 8.66. The minimum Gasteiger partial charge on any atom is -0.348 e. The average molecular weight is 354 g/mol. The predicted molar refractivity (Wildman–Crippen MR) is 97.7 cm³/mol. The second-order valence-corrected chi connectivity index (χ2v) is 6.52. The van der Waals surface area contributed by atoms with Gasteiger partial charge in [0.1, 0.15) is 5.69 Å². The Bertz CT molecular complexity index is 533. The molecule has 0 saturated carbocycles. The highest BCUT2D eigenvalue weighted by Gasteiger charge is 2.22. The van der Waals surface area contributed by atoms with Gasteiger partial charge in [0.25, 0.3) is 5.91 Å². The second-order valence-electron chi connectivity index (χ2n) is 6.52. The van der Waals surface area contributed by atoms with Gasteiger partial charge in [-0.2, -0.15) is 5.10 Å². The van der Waals surface area contributed by atoms with Gasteiger partial charge in [0.15, 0.2) is 0 Å². The van der Waals surface area contributed by atoms with Crippen molar-refractivity contribution in [1.82, 2.24) is 25.3 Å². The van der Waals surface area contributed by atoms with Gasteiger partial charge < -0.3 is 10.6 Å². The molecule has 1 aromatic rings. The Morgan fingerprint density at radius 3 is 2.88 bits per heavy atom. The maximum absolute atomic E-state index is 12.4. The summed E-state index contributed by atoms with van der Waals surface area (Å²) in [6.45, 7) is 8.75. The number of likely N-dealkylation sites (tertiary alicyclic amines) is 1.